The minimum atomic E-state index is -0.532. The van der Waals surface area contributed by atoms with Crippen molar-refractivity contribution in [1.82, 2.24) is 9.97 Å². The van der Waals surface area contributed by atoms with Crippen molar-refractivity contribution in [2.24, 2.45) is 57.3 Å². The molecule has 8 nitrogen and oxygen atoms in total. The molecule has 0 amide bonds. The van der Waals surface area contributed by atoms with Gasteiger partial charge in [0.25, 0.3) is 0 Å². The Morgan fingerprint density at radius 2 is 0.867 bits per heavy atom. The van der Waals surface area contributed by atoms with Gasteiger partial charge in [-0.05, 0) is 63.2 Å². The van der Waals surface area contributed by atoms with E-state index in [-0.39, 0.29) is 58.2 Å². The summed E-state index contributed by atoms with van der Waals surface area (Å²) >= 11 is 2.76. The molecule has 7 aliphatic carbocycles. The zero-order chi connectivity index (χ0) is 30.8. The zero-order valence-corrected chi connectivity index (χ0v) is 27.5. The number of carbonyl (C=O) groups is 4. The van der Waals surface area contributed by atoms with Gasteiger partial charge in [-0.3, -0.25) is 19.2 Å². The van der Waals surface area contributed by atoms with E-state index in [9.17, 15) is 19.2 Å². The number of thiazole rings is 2. The van der Waals surface area contributed by atoms with Crippen molar-refractivity contribution in [3.63, 3.8) is 0 Å². The Balaban J connectivity index is 1.00. The second-order valence-corrected chi connectivity index (χ2v) is 17.3. The van der Waals surface area contributed by atoms with Crippen molar-refractivity contribution in [1.29, 1.82) is 0 Å². The molecule has 45 heavy (non-hydrogen) atoms. The summed E-state index contributed by atoms with van der Waals surface area (Å²) in [6, 6.07) is 0. The largest absolute Gasteiger partial charge is 0.292 e. The maximum Gasteiger partial charge on any atom is 0.210 e. The molecule has 2 aromatic rings. The summed E-state index contributed by atoms with van der Waals surface area (Å²) < 4.78 is 0. The van der Waals surface area contributed by atoms with Crippen LogP contribution in [0.1, 0.15) is 102 Å². The van der Waals surface area contributed by atoms with Crippen LogP contribution in [0.4, 0.5) is 10.3 Å². The number of fused-ring (bicyclic) bond motifs is 7. The minimum Gasteiger partial charge on any atom is -0.292 e. The fraction of sp³-hybridized carbons (Fsp3) is 0.657. The van der Waals surface area contributed by atoms with E-state index in [4.69, 9.17) is 9.97 Å². The number of Topliss-reactive ketones (excluding diaryl/α,β-unsaturated/α-hetero) is 4. The monoisotopic (exact) mass is 642 g/mol. The van der Waals surface area contributed by atoms with Gasteiger partial charge < -0.3 is 0 Å². The molecular formula is C35H38N4O4S2. The Hall–Kier alpha value is -2.72. The summed E-state index contributed by atoms with van der Waals surface area (Å²) in [5.74, 6) is 0.999. The molecule has 7 aliphatic rings. The molecule has 0 bridgehead atoms. The molecule has 2 heterocycles. The van der Waals surface area contributed by atoms with E-state index in [1.54, 1.807) is 0 Å². The van der Waals surface area contributed by atoms with Crippen molar-refractivity contribution < 1.29 is 19.2 Å². The molecule has 8 atom stereocenters. The molecule has 0 N–H and O–H groups in total. The normalized spacial score (nSPS) is 36.3. The average molecular weight is 643 g/mol. The zero-order valence-electron chi connectivity index (χ0n) is 25.8. The summed E-state index contributed by atoms with van der Waals surface area (Å²) in [6.45, 7) is 4.10. The van der Waals surface area contributed by atoms with Gasteiger partial charge in [0.2, 0.25) is 10.3 Å². The number of aromatic nitrogens is 2. The second kappa shape index (κ2) is 10.1. The predicted octanol–water partition coefficient (Wildman–Crippen LogP) is 7.02. The molecule has 8 unspecified atom stereocenters. The van der Waals surface area contributed by atoms with Gasteiger partial charge in [0.1, 0.15) is 0 Å². The van der Waals surface area contributed by atoms with Crippen LogP contribution in [0, 0.1) is 47.3 Å². The lowest BCUT2D eigenvalue weighted by Gasteiger charge is -2.39. The number of rotatable bonds is 2. The van der Waals surface area contributed by atoms with Crippen LogP contribution >= 0.6 is 22.7 Å². The van der Waals surface area contributed by atoms with Crippen LogP contribution in [0.3, 0.4) is 0 Å². The SMILES string of the molecule is CC1(C)c2nc(N=C3C(=O)C4CC5CCCCC5CC4C3=O)sc2-c2sc(N=C3C(=O)C4CC5CCCCC5CC4C3=O)nc21. The molecule has 234 valence electrons. The Morgan fingerprint density at radius 3 is 1.18 bits per heavy atom. The third-order valence-corrected chi connectivity index (χ3v) is 14.7. The number of nitrogens with zero attached hydrogens (tertiary/aromatic N) is 4. The highest BCUT2D eigenvalue weighted by Gasteiger charge is 2.54. The number of aliphatic imine (C=N–C) groups is 2. The molecule has 0 aliphatic heterocycles. The molecule has 0 radical (unpaired) electrons. The lowest BCUT2D eigenvalue weighted by Crippen LogP contribution is -2.35. The van der Waals surface area contributed by atoms with Crippen LogP contribution < -0.4 is 0 Å². The van der Waals surface area contributed by atoms with Gasteiger partial charge in [-0.15, -0.1) is 0 Å². The van der Waals surface area contributed by atoms with Crippen molar-refractivity contribution in [2.75, 3.05) is 0 Å². The number of ketones is 4. The smallest absolute Gasteiger partial charge is 0.210 e. The van der Waals surface area contributed by atoms with E-state index < -0.39 is 5.41 Å². The average Bonchev–Trinajstić information content (AvgIpc) is 3.80. The Bertz CT molecular complexity index is 1560. The van der Waals surface area contributed by atoms with Crippen LogP contribution in [0.2, 0.25) is 0 Å². The van der Waals surface area contributed by atoms with Gasteiger partial charge >= 0.3 is 0 Å². The van der Waals surface area contributed by atoms with Gasteiger partial charge in [-0.25, -0.2) is 20.0 Å². The quantitative estimate of drug-likeness (QED) is 0.347. The van der Waals surface area contributed by atoms with Crippen LogP contribution in [0.15, 0.2) is 9.98 Å². The van der Waals surface area contributed by atoms with Crippen LogP contribution in [0.5, 0.6) is 0 Å². The highest BCUT2D eigenvalue weighted by atomic mass is 32.1. The molecular weight excluding hydrogens is 605 g/mol. The van der Waals surface area contributed by atoms with Gasteiger partial charge in [0, 0.05) is 23.7 Å². The van der Waals surface area contributed by atoms with Crippen LogP contribution in [-0.4, -0.2) is 44.5 Å². The number of hydrogen-bond acceptors (Lipinski definition) is 10. The van der Waals surface area contributed by atoms with E-state index in [1.165, 1.54) is 74.0 Å². The first-order valence-electron chi connectivity index (χ1n) is 17.1. The predicted molar refractivity (Wildman–Crippen MR) is 173 cm³/mol. The Labute approximate surface area is 270 Å². The molecule has 0 spiro atoms. The van der Waals surface area contributed by atoms with Crippen LogP contribution in [0.25, 0.3) is 9.75 Å². The molecule has 9 rings (SSSR count). The van der Waals surface area contributed by atoms with Gasteiger partial charge in [0.15, 0.2) is 34.6 Å². The first-order valence-corrected chi connectivity index (χ1v) is 18.7. The molecule has 0 aromatic carbocycles. The van der Waals surface area contributed by atoms with Gasteiger partial charge in [-0.1, -0.05) is 74.0 Å². The Morgan fingerprint density at radius 1 is 0.556 bits per heavy atom. The maximum absolute atomic E-state index is 13.5. The van der Waals surface area contributed by atoms with Crippen LogP contribution in [-0.2, 0) is 24.6 Å². The lowest BCUT2D eigenvalue weighted by atomic mass is 9.64. The molecule has 10 heteroatoms. The van der Waals surface area contributed by atoms with Crippen molar-refractivity contribution in [2.45, 2.75) is 96.3 Å². The summed E-state index contributed by atoms with van der Waals surface area (Å²) in [7, 11) is 0. The fourth-order valence-electron chi connectivity index (χ4n) is 10.3. The Kier molecular flexibility index (Phi) is 6.42. The molecule has 6 saturated carbocycles. The topological polar surface area (TPSA) is 119 Å². The van der Waals surface area contributed by atoms with Crippen molar-refractivity contribution in [3.8, 4) is 9.75 Å². The summed E-state index contributed by atoms with van der Waals surface area (Å²) in [4.78, 5) is 74.7. The highest BCUT2D eigenvalue weighted by Crippen LogP contribution is 2.56. The van der Waals surface area contributed by atoms with Crippen molar-refractivity contribution in [3.05, 3.63) is 11.4 Å². The molecule has 2 aromatic heterocycles. The maximum atomic E-state index is 13.5. The standard InChI is InChI=1S/C35H38N4O4S2/c1-35(2)31-29(44-33(38-31)36-23-25(40)19-11-15-7-3-4-8-16(15)12-20(19)26(23)41)30-32(35)39-34(45-30)37-24-27(42)21-13-17-9-5-6-10-18(17)14-22(21)28(24)43/h15-22H,3-14H2,1-2H3. The van der Waals surface area contributed by atoms with E-state index in [1.807, 2.05) is 0 Å². The van der Waals surface area contributed by atoms with Gasteiger partial charge in [-0.2, -0.15) is 0 Å². The minimum absolute atomic E-state index is 0.0880. The number of carbonyl (C=O) groups excluding carboxylic acids is 4. The third-order valence-electron chi connectivity index (χ3n) is 12.6. The van der Waals surface area contributed by atoms with Gasteiger partial charge in [0.05, 0.1) is 26.6 Å². The van der Waals surface area contributed by atoms with Crippen molar-refractivity contribution >= 4 is 67.5 Å². The molecule has 6 fully saturated rings. The molecule has 0 saturated heterocycles. The summed E-state index contributed by atoms with van der Waals surface area (Å²) in [6.07, 6.45) is 12.9. The highest BCUT2D eigenvalue weighted by molar-refractivity contribution is 7.25. The van der Waals surface area contributed by atoms with E-state index in [0.717, 1.165) is 46.8 Å². The first-order chi connectivity index (χ1) is 21.7. The van der Waals surface area contributed by atoms with E-state index in [2.05, 4.69) is 23.8 Å². The third kappa shape index (κ3) is 4.19. The fourth-order valence-corrected chi connectivity index (χ4v) is 12.6. The number of hydrogen-bond donors (Lipinski definition) is 0. The van der Waals surface area contributed by atoms with E-state index >= 15 is 0 Å². The van der Waals surface area contributed by atoms with E-state index in [0.29, 0.717) is 33.9 Å². The lowest BCUT2D eigenvalue weighted by molar-refractivity contribution is -0.123. The first kappa shape index (κ1) is 28.5. The second-order valence-electron chi connectivity index (χ2n) is 15.3. The summed E-state index contributed by atoms with van der Waals surface area (Å²) in [5, 5.41) is 0.860. The summed E-state index contributed by atoms with van der Waals surface area (Å²) in [5.41, 5.74) is 1.32.